The lowest BCUT2D eigenvalue weighted by Crippen LogP contribution is -2.11. The predicted molar refractivity (Wildman–Crippen MR) is 104 cm³/mol. The minimum Gasteiger partial charge on any atom is -0.462 e. The SMILES string of the molecule is CCOC(=O)c1ccccc1Nc1nncc(NCCc2ccccc2F)n1. The molecule has 0 atom stereocenters. The van der Waals surface area contributed by atoms with E-state index in [-0.39, 0.29) is 18.4 Å². The van der Waals surface area contributed by atoms with Gasteiger partial charge in [-0.05, 0) is 37.1 Å². The third-order valence-corrected chi connectivity index (χ3v) is 3.89. The van der Waals surface area contributed by atoms with Crippen LogP contribution in [0.4, 0.5) is 21.8 Å². The van der Waals surface area contributed by atoms with E-state index in [9.17, 15) is 9.18 Å². The van der Waals surface area contributed by atoms with Crippen molar-refractivity contribution in [2.24, 2.45) is 0 Å². The van der Waals surface area contributed by atoms with Crippen molar-refractivity contribution in [1.82, 2.24) is 15.2 Å². The Bertz CT molecular complexity index is 951. The minimum atomic E-state index is -0.433. The number of esters is 1. The molecular formula is C20H20FN5O2. The van der Waals surface area contributed by atoms with E-state index in [1.165, 1.54) is 12.3 Å². The van der Waals surface area contributed by atoms with Crippen molar-refractivity contribution in [3.63, 3.8) is 0 Å². The molecular weight excluding hydrogens is 361 g/mol. The maximum absolute atomic E-state index is 13.7. The molecule has 8 heteroatoms. The number of halogens is 1. The normalized spacial score (nSPS) is 10.4. The van der Waals surface area contributed by atoms with Crippen LogP contribution >= 0.6 is 0 Å². The van der Waals surface area contributed by atoms with E-state index in [4.69, 9.17) is 4.74 Å². The number of aromatic nitrogens is 3. The van der Waals surface area contributed by atoms with E-state index in [1.807, 2.05) is 0 Å². The second-order valence-corrected chi connectivity index (χ2v) is 5.82. The molecule has 0 saturated heterocycles. The zero-order valence-electron chi connectivity index (χ0n) is 15.4. The number of hydrogen-bond donors (Lipinski definition) is 2. The Morgan fingerprint density at radius 1 is 1.14 bits per heavy atom. The number of anilines is 3. The van der Waals surface area contributed by atoms with Crippen LogP contribution in [0, 0.1) is 5.82 Å². The highest BCUT2D eigenvalue weighted by Gasteiger charge is 2.13. The van der Waals surface area contributed by atoms with Gasteiger partial charge in [0, 0.05) is 6.54 Å². The lowest BCUT2D eigenvalue weighted by Gasteiger charge is -2.11. The number of carbonyl (C=O) groups excluding carboxylic acids is 1. The Kier molecular flexibility index (Phi) is 6.46. The van der Waals surface area contributed by atoms with Crippen LogP contribution in [0.1, 0.15) is 22.8 Å². The second kappa shape index (κ2) is 9.40. The monoisotopic (exact) mass is 381 g/mol. The van der Waals surface area contributed by atoms with Gasteiger partial charge in [-0.1, -0.05) is 30.3 Å². The van der Waals surface area contributed by atoms with Gasteiger partial charge in [-0.3, -0.25) is 0 Å². The number of para-hydroxylation sites is 1. The summed E-state index contributed by atoms with van der Waals surface area (Å²) in [5.74, 6) is 0.0517. The van der Waals surface area contributed by atoms with E-state index >= 15 is 0 Å². The number of ether oxygens (including phenoxy) is 1. The standard InChI is InChI=1S/C20H20FN5O2/c1-2-28-19(27)15-8-4-6-10-17(15)24-20-25-18(13-23-26-20)22-12-11-14-7-3-5-9-16(14)21/h3-10,13H,2,11-12H2,1H3,(H2,22,24,25,26). The minimum absolute atomic E-state index is 0.229. The summed E-state index contributed by atoms with van der Waals surface area (Å²) in [5.41, 5.74) is 1.52. The molecule has 0 saturated carbocycles. The molecule has 3 aromatic rings. The highest BCUT2D eigenvalue weighted by atomic mass is 19.1. The van der Waals surface area contributed by atoms with Crippen LogP contribution in [0.15, 0.2) is 54.7 Å². The number of carbonyl (C=O) groups is 1. The summed E-state index contributed by atoms with van der Waals surface area (Å²) in [7, 11) is 0. The topological polar surface area (TPSA) is 89.0 Å². The number of hydrogen-bond acceptors (Lipinski definition) is 7. The van der Waals surface area contributed by atoms with Crippen LogP contribution in [-0.4, -0.2) is 34.3 Å². The van der Waals surface area contributed by atoms with Gasteiger partial charge >= 0.3 is 5.97 Å². The molecule has 0 spiro atoms. The van der Waals surface area contributed by atoms with Crippen LogP contribution in [0.5, 0.6) is 0 Å². The fourth-order valence-corrected chi connectivity index (χ4v) is 2.57. The highest BCUT2D eigenvalue weighted by Crippen LogP contribution is 2.20. The summed E-state index contributed by atoms with van der Waals surface area (Å²) in [4.78, 5) is 16.4. The summed E-state index contributed by atoms with van der Waals surface area (Å²) in [6, 6.07) is 13.6. The van der Waals surface area contributed by atoms with Gasteiger partial charge in [0.2, 0.25) is 5.95 Å². The number of nitrogens with one attached hydrogen (secondary N) is 2. The Labute approximate surface area is 162 Å². The van der Waals surface area contributed by atoms with Gasteiger partial charge in [-0.2, -0.15) is 10.1 Å². The van der Waals surface area contributed by atoms with Crippen LogP contribution in [0.3, 0.4) is 0 Å². The highest BCUT2D eigenvalue weighted by molar-refractivity contribution is 5.96. The fourth-order valence-electron chi connectivity index (χ4n) is 2.57. The molecule has 0 bridgehead atoms. The molecule has 2 aromatic carbocycles. The molecule has 0 aliphatic rings. The van der Waals surface area contributed by atoms with Gasteiger partial charge in [0.1, 0.15) is 5.82 Å². The summed E-state index contributed by atoms with van der Waals surface area (Å²) >= 11 is 0. The lowest BCUT2D eigenvalue weighted by molar-refractivity contribution is 0.0527. The zero-order valence-corrected chi connectivity index (χ0v) is 15.4. The first-order valence-electron chi connectivity index (χ1n) is 8.87. The molecule has 0 amide bonds. The molecule has 0 unspecified atom stereocenters. The maximum Gasteiger partial charge on any atom is 0.340 e. The van der Waals surface area contributed by atoms with Gasteiger partial charge in [0.25, 0.3) is 0 Å². The van der Waals surface area contributed by atoms with E-state index in [0.29, 0.717) is 35.6 Å². The molecule has 0 aliphatic carbocycles. The molecule has 28 heavy (non-hydrogen) atoms. The molecule has 144 valence electrons. The first-order valence-corrected chi connectivity index (χ1v) is 8.87. The quantitative estimate of drug-likeness (QED) is 0.577. The number of benzene rings is 2. The van der Waals surface area contributed by atoms with E-state index < -0.39 is 5.97 Å². The van der Waals surface area contributed by atoms with Gasteiger partial charge in [0.05, 0.1) is 24.1 Å². The van der Waals surface area contributed by atoms with Gasteiger partial charge in [-0.25, -0.2) is 9.18 Å². The largest absolute Gasteiger partial charge is 0.462 e. The predicted octanol–water partition coefficient (Wildman–Crippen LogP) is 3.59. The first-order chi connectivity index (χ1) is 13.7. The molecule has 1 aromatic heterocycles. The number of rotatable bonds is 8. The van der Waals surface area contributed by atoms with Gasteiger partial charge in [0.15, 0.2) is 5.82 Å². The average molecular weight is 381 g/mol. The van der Waals surface area contributed by atoms with Gasteiger partial charge < -0.3 is 15.4 Å². The first kappa shape index (κ1) is 19.2. The Balaban J connectivity index is 1.66. The molecule has 2 N–H and O–H groups in total. The van der Waals surface area contributed by atoms with Crippen LogP contribution in [-0.2, 0) is 11.2 Å². The van der Waals surface area contributed by atoms with E-state index in [2.05, 4.69) is 25.8 Å². The molecule has 1 heterocycles. The van der Waals surface area contributed by atoms with Crippen LogP contribution < -0.4 is 10.6 Å². The van der Waals surface area contributed by atoms with Crippen LogP contribution in [0.2, 0.25) is 0 Å². The van der Waals surface area contributed by atoms with E-state index in [1.54, 1.807) is 49.4 Å². The molecule has 0 fully saturated rings. The second-order valence-electron chi connectivity index (χ2n) is 5.82. The van der Waals surface area contributed by atoms with Crippen molar-refractivity contribution in [2.45, 2.75) is 13.3 Å². The smallest absolute Gasteiger partial charge is 0.340 e. The van der Waals surface area contributed by atoms with E-state index in [0.717, 1.165) is 0 Å². The van der Waals surface area contributed by atoms with Crippen LogP contribution in [0.25, 0.3) is 0 Å². The Morgan fingerprint density at radius 3 is 2.75 bits per heavy atom. The van der Waals surface area contributed by atoms with Gasteiger partial charge in [-0.15, -0.1) is 5.10 Å². The van der Waals surface area contributed by atoms with Crippen molar-refractivity contribution >= 4 is 23.4 Å². The summed E-state index contributed by atoms with van der Waals surface area (Å²) < 4.78 is 18.7. The summed E-state index contributed by atoms with van der Waals surface area (Å²) in [6.07, 6.45) is 1.98. The van der Waals surface area contributed by atoms with Crippen molar-refractivity contribution in [1.29, 1.82) is 0 Å². The third kappa shape index (κ3) is 5.00. The Hall–Kier alpha value is -3.55. The molecule has 0 radical (unpaired) electrons. The van der Waals surface area contributed by atoms with Crippen molar-refractivity contribution in [3.05, 3.63) is 71.7 Å². The zero-order chi connectivity index (χ0) is 19.8. The number of nitrogens with zero attached hydrogens (tertiary/aromatic N) is 3. The average Bonchev–Trinajstić information content (AvgIpc) is 2.70. The molecule has 7 nitrogen and oxygen atoms in total. The maximum atomic E-state index is 13.7. The molecule has 3 rings (SSSR count). The lowest BCUT2D eigenvalue weighted by atomic mass is 10.1. The fraction of sp³-hybridized carbons (Fsp3) is 0.200. The van der Waals surface area contributed by atoms with Crippen molar-refractivity contribution in [3.8, 4) is 0 Å². The summed E-state index contributed by atoms with van der Waals surface area (Å²) in [5, 5.41) is 13.9. The Morgan fingerprint density at radius 2 is 1.93 bits per heavy atom. The molecule has 0 aliphatic heterocycles. The third-order valence-electron chi connectivity index (χ3n) is 3.89. The van der Waals surface area contributed by atoms with Crippen molar-refractivity contribution in [2.75, 3.05) is 23.8 Å². The van der Waals surface area contributed by atoms with Crippen molar-refractivity contribution < 1.29 is 13.9 Å². The summed E-state index contributed by atoms with van der Waals surface area (Å²) in [6.45, 7) is 2.52.